The van der Waals surface area contributed by atoms with Gasteiger partial charge in [0.1, 0.15) is 6.61 Å². The molecule has 2 N–H and O–H groups in total. The molecule has 0 saturated carbocycles. The summed E-state index contributed by atoms with van der Waals surface area (Å²) >= 11 is 0. The third kappa shape index (κ3) is 46.0. The van der Waals surface area contributed by atoms with Gasteiger partial charge in [-0.2, -0.15) is 0 Å². The lowest BCUT2D eigenvalue weighted by Gasteiger charge is -2.09. The summed E-state index contributed by atoms with van der Waals surface area (Å²) in [5.41, 5.74) is 0. The summed E-state index contributed by atoms with van der Waals surface area (Å²) < 4.78 is 74.7. The molecule has 0 atom stereocenters. The van der Waals surface area contributed by atoms with Crippen LogP contribution in [0.3, 0.4) is 0 Å². The first kappa shape index (κ1) is 50.9. The lowest BCUT2D eigenvalue weighted by Crippen LogP contribution is -2.25. The molecule has 53 heavy (non-hydrogen) atoms. The molecule has 19 nitrogen and oxygen atoms in total. The van der Waals surface area contributed by atoms with Gasteiger partial charge in [0.25, 0.3) is 0 Å². The van der Waals surface area contributed by atoms with Crippen molar-refractivity contribution < 1.29 is 85.8 Å². The number of carbonyl (C=O) groups excluding carboxylic acids is 2. The molecule has 0 bridgehead atoms. The molecule has 314 valence electrons. The summed E-state index contributed by atoms with van der Waals surface area (Å²) in [5, 5.41) is 11.2. The highest BCUT2D eigenvalue weighted by Gasteiger charge is 2.04. The molecule has 0 unspecified atom stereocenters. The maximum absolute atomic E-state index is 11.4. The van der Waals surface area contributed by atoms with Crippen LogP contribution in [0.1, 0.15) is 19.3 Å². The highest BCUT2D eigenvalue weighted by molar-refractivity contribution is 5.80. The van der Waals surface area contributed by atoms with Crippen LogP contribution in [0.4, 0.5) is 0 Å². The number of methoxy groups -OCH3 is 1. The molecular weight excluding hydrogens is 710 g/mol. The molecule has 0 aromatic carbocycles. The molecule has 0 saturated heterocycles. The predicted octanol–water partition coefficient (Wildman–Crippen LogP) is -0.254. The molecule has 0 fully saturated rings. The minimum absolute atomic E-state index is 0.0148. The van der Waals surface area contributed by atoms with Crippen LogP contribution in [0.5, 0.6) is 0 Å². The quantitative estimate of drug-likeness (QED) is 0.0603. The minimum Gasteiger partial charge on any atom is -0.481 e. The average molecular weight is 776 g/mol. The Bertz CT molecular complexity index is 797. The SMILES string of the molecule is COC(=O)COCCOCCOCCOCCOCCOCCOCCOCCOCCOCCOCCOCCOCCCNC(=O)CCC(=O)O. The molecule has 0 heterocycles. The summed E-state index contributed by atoms with van der Waals surface area (Å²) in [6.45, 7) is 11.8. The van der Waals surface area contributed by atoms with Crippen molar-refractivity contribution in [2.45, 2.75) is 19.3 Å². The second-order valence-corrected chi connectivity index (χ2v) is 10.6. The van der Waals surface area contributed by atoms with Crippen molar-refractivity contribution >= 4 is 17.8 Å². The number of rotatable bonds is 45. The summed E-state index contributed by atoms with van der Waals surface area (Å²) in [6, 6.07) is 0. The van der Waals surface area contributed by atoms with E-state index in [0.717, 1.165) is 0 Å². The first-order valence-corrected chi connectivity index (χ1v) is 18.1. The zero-order valence-corrected chi connectivity index (χ0v) is 31.6. The Morgan fingerprint density at radius 1 is 0.396 bits per heavy atom. The summed E-state index contributed by atoms with van der Waals surface area (Å²) in [5.74, 6) is -1.67. The smallest absolute Gasteiger partial charge is 0.331 e. The topological polar surface area (TPSA) is 213 Å². The number of ether oxygens (including phenoxy) is 14. The van der Waals surface area contributed by atoms with E-state index in [1.54, 1.807) is 0 Å². The van der Waals surface area contributed by atoms with Crippen molar-refractivity contribution in [1.29, 1.82) is 0 Å². The number of amides is 1. The Kier molecular flexibility index (Phi) is 42.5. The fourth-order valence-corrected chi connectivity index (χ4v) is 3.56. The fraction of sp³-hybridized carbons (Fsp3) is 0.912. The lowest BCUT2D eigenvalue weighted by atomic mass is 10.3. The van der Waals surface area contributed by atoms with Crippen LogP contribution in [-0.2, 0) is 80.7 Å². The maximum atomic E-state index is 11.4. The van der Waals surface area contributed by atoms with Gasteiger partial charge in [0.05, 0.1) is 172 Å². The number of hydrogen-bond donors (Lipinski definition) is 2. The first-order valence-electron chi connectivity index (χ1n) is 18.1. The molecule has 0 aliphatic carbocycles. The zero-order chi connectivity index (χ0) is 38.6. The van der Waals surface area contributed by atoms with Crippen molar-refractivity contribution in [3.63, 3.8) is 0 Å². The van der Waals surface area contributed by atoms with Gasteiger partial charge in [-0.25, -0.2) is 4.79 Å². The van der Waals surface area contributed by atoms with Gasteiger partial charge in [-0.15, -0.1) is 0 Å². The normalized spacial score (nSPS) is 11.3. The number of carboxylic acids is 1. The zero-order valence-electron chi connectivity index (χ0n) is 31.6. The summed E-state index contributed by atoms with van der Waals surface area (Å²) in [7, 11) is 1.31. The van der Waals surface area contributed by atoms with E-state index in [4.69, 9.17) is 66.7 Å². The lowest BCUT2D eigenvalue weighted by molar-refractivity contribution is -0.146. The molecule has 0 aliphatic rings. The van der Waals surface area contributed by atoms with Crippen molar-refractivity contribution in [1.82, 2.24) is 5.32 Å². The van der Waals surface area contributed by atoms with E-state index in [1.165, 1.54) is 7.11 Å². The molecule has 1 amide bonds. The number of hydrogen-bond acceptors (Lipinski definition) is 17. The van der Waals surface area contributed by atoms with E-state index >= 15 is 0 Å². The van der Waals surface area contributed by atoms with Crippen LogP contribution in [0, 0.1) is 0 Å². The van der Waals surface area contributed by atoms with Gasteiger partial charge in [0.15, 0.2) is 0 Å². The van der Waals surface area contributed by atoms with Crippen molar-refractivity contribution in [3.05, 3.63) is 0 Å². The van der Waals surface area contributed by atoms with Gasteiger partial charge in [0, 0.05) is 19.6 Å². The Labute approximate surface area is 313 Å². The van der Waals surface area contributed by atoms with Crippen LogP contribution in [0.2, 0.25) is 0 Å². The molecule has 0 radical (unpaired) electrons. The molecule has 0 rings (SSSR count). The van der Waals surface area contributed by atoms with E-state index < -0.39 is 11.9 Å². The largest absolute Gasteiger partial charge is 0.481 e. The van der Waals surface area contributed by atoms with Crippen LogP contribution >= 0.6 is 0 Å². The van der Waals surface area contributed by atoms with Gasteiger partial charge < -0.3 is 76.7 Å². The van der Waals surface area contributed by atoms with E-state index in [1.807, 2.05) is 0 Å². The van der Waals surface area contributed by atoms with Crippen molar-refractivity contribution in [2.75, 3.05) is 185 Å². The fourth-order valence-electron chi connectivity index (χ4n) is 3.56. The van der Waals surface area contributed by atoms with Gasteiger partial charge >= 0.3 is 11.9 Å². The van der Waals surface area contributed by atoms with Crippen LogP contribution in [-0.4, -0.2) is 208 Å². The van der Waals surface area contributed by atoms with E-state index in [9.17, 15) is 14.4 Å². The first-order chi connectivity index (χ1) is 26.1. The van der Waals surface area contributed by atoms with Crippen LogP contribution < -0.4 is 5.32 Å². The predicted molar refractivity (Wildman–Crippen MR) is 187 cm³/mol. The Morgan fingerprint density at radius 3 is 0.925 bits per heavy atom. The highest BCUT2D eigenvalue weighted by atomic mass is 16.6. The van der Waals surface area contributed by atoms with Gasteiger partial charge in [-0.05, 0) is 6.42 Å². The molecule has 0 spiro atoms. The number of nitrogens with one attached hydrogen (secondary N) is 1. The van der Waals surface area contributed by atoms with E-state index in [2.05, 4.69) is 10.1 Å². The van der Waals surface area contributed by atoms with Gasteiger partial charge in [-0.1, -0.05) is 0 Å². The van der Waals surface area contributed by atoms with Crippen molar-refractivity contribution in [3.8, 4) is 0 Å². The average Bonchev–Trinajstić information content (AvgIpc) is 3.15. The summed E-state index contributed by atoms with van der Waals surface area (Å²) in [6.07, 6.45) is 0.463. The Balaban J connectivity index is 3.09. The Hall–Kier alpha value is -2.11. The van der Waals surface area contributed by atoms with E-state index in [-0.39, 0.29) is 25.4 Å². The molecular formula is C34H65NO18. The molecule has 19 heteroatoms. The molecule has 0 aromatic rings. The second-order valence-electron chi connectivity index (χ2n) is 10.6. The highest BCUT2D eigenvalue weighted by Crippen LogP contribution is 1.91. The molecule has 0 aliphatic heterocycles. The second kappa shape index (κ2) is 44.3. The van der Waals surface area contributed by atoms with Crippen molar-refractivity contribution in [2.24, 2.45) is 0 Å². The number of carboxylic acid groups (broad SMARTS) is 1. The minimum atomic E-state index is -0.987. The summed E-state index contributed by atoms with van der Waals surface area (Å²) in [4.78, 5) is 32.6. The third-order valence-electron chi connectivity index (χ3n) is 6.27. The standard InChI is InChI=1S/C34H65NO18/c1-40-34(39)31-53-30-29-52-28-27-51-26-25-50-24-23-49-22-21-48-20-19-47-18-17-46-16-15-45-14-13-44-12-11-43-10-9-42-8-7-41-6-2-5-35-32(36)3-4-33(37)38/h2-31H2,1H3,(H,35,36)(H,37,38). The van der Waals surface area contributed by atoms with Crippen LogP contribution in [0.25, 0.3) is 0 Å². The monoisotopic (exact) mass is 775 g/mol. The van der Waals surface area contributed by atoms with Gasteiger partial charge in [-0.3, -0.25) is 9.59 Å². The van der Waals surface area contributed by atoms with Crippen LogP contribution in [0.15, 0.2) is 0 Å². The van der Waals surface area contributed by atoms with E-state index in [0.29, 0.717) is 178 Å². The number of esters is 1. The third-order valence-corrected chi connectivity index (χ3v) is 6.27. The molecule has 0 aromatic heterocycles. The van der Waals surface area contributed by atoms with Gasteiger partial charge in [0.2, 0.25) is 5.91 Å². The number of aliphatic carboxylic acids is 1. The number of carbonyl (C=O) groups is 3. The Morgan fingerprint density at radius 2 is 0.660 bits per heavy atom. The maximum Gasteiger partial charge on any atom is 0.331 e.